The lowest BCUT2D eigenvalue weighted by molar-refractivity contribution is -0.119. The Kier molecular flexibility index (Phi) is 9.08. The second-order valence-corrected chi connectivity index (χ2v) is 7.34. The van der Waals surface area contributed by atoms with Gasteiger partial charge in [0.2, 0.25) is 5.91 Å². The molecule has 2 fully saturated rings. The van der Waals surface area contributed by atoms with Gasteiger partial charge in [-0.25, -0.2) is 0 Å². The summed E-state index contributed by atoms with van der Waals surface area (Å²) in [6, 6.07) is 0. The topological polar surface area (TPSA) is 80.0 Å². The quantitative estimate of drug-likeness (QED) is 0.319. The van der Waals surface area contributed by atoms with Crippen LogP contribution >= 0.6 is 0 Å². The van der Waals surface area contributed by atoms with E-state index >= 15 is 0 Å². The summed E-state index contributed by atoms with van der Waals surface area (Å²) in [6.45, 7) is 6.17. The van der Waals surface area contributed by atoms with Gasteiger partial charge in [0, 0.05) is 26.1 Å². The highest BCUT2D eigenvalue weighted by Gasteiger charge is 2.23. The molecule has 0 aromatic carbocycles. The second kappa shape index (κ2) is 11.3. The Morgan fingerprint density at radius 1 is 1.20 bits per heavy atom. The van der Waals surface area contributed by atoms with Crippen molar-refractivity contribution in [3.05, 3.63) is 0 Å². The van der Waals surface area contributed by atoms with Gasteiger partial charge in [-0.3, -0.25) is 9.79 Å². The summed E-state index contributed by atoms with van der Waals surface area (Å²) in [4.78, 5) is 18.2. The molecule has 0 spiro atoms. The molecule has 6 nitrogen and oxygen atoms in total. The number of piperidine rings is 1. The highest BCUT2D eigenvalue weighted by Crippen LogP contribution is 2.20. The van der Waals surface area contributed by atoms with Crippen LogP contribution in [0.25, 0.3) is 0 Å². The number of guanidine groups is 1. The summed E-state index contributed by atoms with van der Waals surface area (Å²) in [5, 5.41) is 3.38. The molecule has 6 heteroatoms. The van der Waals surface area contributed by atoms with Crippen molar-refractivity contribution in [3.63, 3.8) is 0 Å². The number of carbonyl (C=O) groups excluding carboxylic acids is 1. The van der Waals surface area contributed by atoms with Crippen molar-refractivity contribution < 1.29 is 9.53 Å². The molecule has 25 heavy (non-hydrogen) atoms. The van der Waals surface area contributed by atoms with E-state index in [2.05, 4.69) is 17.1 Å². The zero-order valence-electron chi connectivity index (χ0n) is 15.8. The number of carbonyl (C=O) groups is 1. The number of amides is 1. The molecule has 1 heterocycles. The van der Waals surface area contributed by atoms with E-state index in [0.717, 1.165) is 38.4 Å². The number of rotatable bonds is 7. The third kappa shape index (κ3) is 7.63. The van der Waals surface area contributed by atoms with Gasteiger partial charge in [0.05, 0.1) is 19.3 Å². The predicted molar refractivity (Wildman–Crippen MR) is 102 cm³/mol. The van der Waals surface area contributed by atoms with Gasteiger partial charge in [0.1, 0.15) is 0 Å². The van der Waals surface area contributed by atoms with Crippen molar-refractivity contribution >= 4 is 11.9 Å². The maximum absolute atomic E-state index is 11.2. The summed E-state index contributed by atoms with van der Waals surface area (Å²) < 4.78 is 6.04. The minimum atomic E-state index is -0.203. The van der Waals surface area contributed by atoms with Crippen LogP contribution in [0.4, 0.5) is 0 Å². The molecule has 1 aliphatic carbocycles. The average molecular weight is 353 g/mol. The predicted octanol–water partition coefficient (Wildman–Crippen LogP) is 2.28. The number of likely N-dealkylation sites (tertiary alicyclic amines) is 1. The fourth-order valence-electron chi connectivity index (χ4n) is 3.91. The first-order valence-electron chi connectivity index (χ1n) is 10.1. The first-order chi connectivity index (χ1) is 12.2. The van der Waals surface area contributed by atoms with Crippen LogP contribution in [0, 0.1) is 5.92 Å². The Labute approximate surface area is 152 Å². The molecule has 1 amide bonds. The second-order valence-electron chi connectivity index (χ2n) is 7.34. The van der Waals surface area contributed by atoms with Gasteiger partial charge >= 0.3 is 0 Å². The molecule has 1 aliphatic heterocycles. The Balaban J connectivity index is 1.79. The molecule has 0 radical (unpaired) electrons. The van der Waals surface area contributed by atoms with E-state index in [1.807, 2.05) is 0 Å². The first kappa shape index (κ1) is 20.0. The van der Waals surface area contributed by atoms with Crippen LogP contribution in [0.1, 0.15) is 64.7 Å². The van der Waals surface area contributed by atoms with Gasteiger partial charge in [0.25, 0.3) is 0 Å². The van der Waals surface area contributed by atoms with Crippen molar-refractivity contribution in [2.24, 2.45) is 16.6 Å². The minimum Gasteiger partial charge on any atom is -0.376 e. The van der Waals surface area contributed by atoms with Gasteiger partial charge in [-0.2, -0.15) is 0 Å². The molecule has 144 valence electrons. The molecular formula is C19H36N4O2. The molecule has 0 aromatic heterocycles. The minimum absolute atomic E-state index is 0.203. The van der Waals surface area contributed by atoms with Gasteiger partial charge in [0.15, 0.2) is 5.96 Å². The maximum Gasteiger partial charge on any atom is 0.217 e. The van der Waals surface area contributed by atoms with Crippen LogP contribution in [0.5, 0.6) is 0 Å². The normalized spacial score (nSPS) is 23.3. The third-order valence-electron chi connectivity index (χ3n) is 5.15. The summed E-state index contributed by atoms with van der Waals surface area (Å²) in [5.41, 5.74) is 5.36. The van der Waals surface area contributed by atoms with Crippen molar-refractivity contribution in [3.8, 4) is 0 Å². The molecule has 2 rings (SSSR count). The van der Waals surface area contributed by atoms with Gasteiger partial charge < -0.3 is 20.7 Å². The zero-order chi connectivity index (χ0) is 17.9. The molecule has 0 aromatic rings. The van der Waals surface area contributed by atoms with Crippen molar-refractivity contribution in [1.29, 1.82) is 0 Å². The largest absolute Gasteiger partial charge is 0.376 e. The van der Waals surface area contributed by atoms with E-state index in [-0.39, 0.29) is 5.91 Å². The summed E-state index contributed by atoms with van der Waals surface area (Å²) in [7, 11) is 0. The van der Waals surface area contributed by atoms with Gasteiger partial charge in [-0.15, -0.1) is 0 Å². The number of nitrogens with zero attached hydrogens (tertiary/aromatic N) is 2. The van der Waals surface area contributed by atoms with E-state index in [0.29, 0.717) is 31.6 Å². The van der Waals surface area contributed by atoms with Crippen LogP contribution in [0.2, 0.25) is 0 Å². The highest BCUT2D eigenvalue weighted by atomic mass is 16.5. The molecule has 1 saturated heterocycles. The van der Waals surface area contributed by atoms with Crippen molar-refractivity contribution in [1.82, 2.24) is 10.2 Å². The Hall–Kier alpha value is -1.30. The fourth-order valence-corrected chi connectivity index (χ4v) is 3.91. The van der Waals surface area contributed by atoms with E-state index in [9.17, 15) is 4.79 Å². The number of nitrogens with one attached hydrogen (secondary N) is 1. The molecule has 2 aliphatic rings. The monoisotopic (exact) mass is 352 g/mol. The van der Waals surface area contributed by atoms with E-state index in [4.69, 9.17) is 15.5 Å². The van der Waals surface area contributed by atoms with Crippen LogP contribution in [-0.4, -0.2) is 55.7 Å². The molecule has 1 saturated carbocycles. The number of ether oxygens (including phenoxy) is 1. The van der Waals surface area contributed by atoms with Crippen LogP contribution in [0.3, 0.4) is 0 Å². The number of aliphatic imine (C=N–C) groups is 1. The van der Waals surface area contributed by atoms with Crippen LogP contribution < -0.4 is 11.1 Å². The molecule has 1 atom stereocenters. The first-order valence-corrected chi connectivity index (χ1v) is 10.1. The van der Waals surface area contributed by atoms with Crippen molar-refractivity contribution in [2.45, 2.75) is 70.8 Å². The highest BCUT2D eigenvalue weighted by molar-refractivity contribution is 5.80. The van der Waals surface area contributed by atoms with Crippen LogP contribution in [-0.2, 0) is 9.53 Å². The zero-order valence-corrected chi connectivity index (χ0v) is 15.8. The standard InChI is InChI=1S/C19H36N4O2/c1-2-21-19(23-12-7-8-16(15-23)14-18(20)24)22-11-13-25-17-9-5-3-4-6-10-17/h16-17H,2-15H2,1H3,(H2,20,24)(H,21,22). The lowest BCUT2D eigenvalue weighted by Crippen LogP contribution is -2.47. The number of primary amides is 1. The van der Waals surface area contributed by atoms with E-state index in [1.54, 1.807) is 0 Å². The summed E-state index contributed by atoms with van der Waals surface area (Å²) in [6.07, 6.45) is 10.8. The molecule has 0 bridgehead atoms. The number of hydrogen-bond donors (Lipinski definition) is 2. The average Bonchev–Trinajstić information content (AvgIpc) is 2.86. The van der Waals surface area contributed by atoms with Crippen LogP contribution in [0.15, 0.2) is 4.99 Å². The number of hydrogen-bond acceptors (Lipinski definition) is 3. The third-order valence-corrected chi connectivity index (χ3v) is 5.15. The molecule has 3 N–H and O–H groups in total. The Morgan fingerprint density at radius 2 is 1.96 bits per heavy atom. The number of nitrogens with two attached hydrogens (primary N) is 1. The lowest BCUT2D eigenvalue weighted by Gasteiger charge is -2.34. The Bertz CT molecular complexity index is 420. The summed E-state index contributed by atoms with van der Waals surface area (Å²) in [5.74, 6) is 1.09. The van der Waals surface area contributed by atoms with E-state index < -0.39 is 0 Å². The lowest BCUT2D eigenvalue weighted by atomic mass is 9.95. The molecule has 1 unspecified atom stereocenters. The SMILES string of the molecule is CCNC(=NCCOC1CCCCCC1)N1CCCC(CC(N)=O)C1. The van der Waals surface area contributed by atoms with Gasteiger partial charge in [-0.05, 0) is 38.5 Å². The van der Waals surface area contributed by atoms with Crippen molar-refractivity contribution in [2.75, 3.05) is 32.8 Å². The summed E-state index contributed by atoms with van der Waals surface area (Å²) >= 11 is 0. The Morgan fingerprint density at radius 3 is 2.64 bits per heavy atom. The fraction of sp³-hybridized carbons (Fsp3) is 0.895. The smallest absolute Gasteiger partial charge is 0.217 e. The van der Waals surface area contributed by atoms with E-state index in [1.165, 1.54) is 38.5 Å². The molecular weight excluding hydrogens is 316 g/mol. The van der Waals surface area contributed by atoms with Gasteiger partial charge in [-0.1, -0.05) is 25.7 Å². The maximum atomic E-state index is 11.2.